The van der Waals surface area contributed by atoms with Crippen molar-refractivity contribution in [3.05, 3.63) is 53.5 Å². The lowest BCUT2D eigenvalue weighted by molar-refractivity contribution is -0.157. The van der Waals surface area contributed by atoms with Crippen LogP contribution in [0.1, 0.15) is 6.92 Å². The molecule has 3 atom stereocenters. The minimum atomic E-state index is -1.04. The Kier molecular flexibility index (Phi) is 3.70. The van der Waals surface area contributed by atoms with Gasteiger partial charge in [-0.05, 0) is 24.6 Å². The van der Waals surface area contributed by atoms with Crippen molar-refractivity contribution in [3.8, 4) is 0 Å². The Balaban J connectivity index is 1.86. The molecule has 0 aromatic heterocycles. The van der Waals surface area contributed by atoms with Gasteiger partial charge in [0.25, 0.3) is 0 Å². The molecule has 0 aliphatic carbocycles. The largest absolute Gasteiger partial charge is 0.479 e. The normalized spacial score (nSPS) is 29.0. The number of allylic oxidation sites excluding steroid dienone is 1. The van der Waals surface area contributed by atoms with Gasteiger partial charge in [0.05, 0.1) is 0 Å². The molecule has 22 heavy (non-hydrogen) atoms. The quantitative estimate of drug-likeness (QED) is 0.837. The first-order valence-electron chi connectivity index (χ1n) is 6.93. The number of carboxylic acid groups (broad SMARTS) is 1. The van der Waals surface area contributed by atoms with Gasteiger partial charge in [0.1, 0.15) is 11.4 Å². The highest BCUT2D eigenvalue weighted by Gasteiger charge is 2.56. The van der Waals surface area contributed by atoms with Crippen molar-refractivity contribution in [3.63, 3.8) is 0 Å². The SMILES string of the molecule is C=C1/C(=C/C)SC2C(Nc3ccccc3)C(=O)N2C1C(=O)O. The summed E-state index contributed by atoms with van der Waals surface area (Å²) < 4.78 is 0. The number of nitrogens with zero attached hydrogens (tertiary/aromatic N) is 1. The monoisotopic (exact) mass is 316 g/mol. The maximum Gasteiger partial charge on any atom is 0.331 e. The van der Waals surface area contributed by atoms with Gasteiger partial charge < -0.3 is 15.3 Å². The molecule has 2 fully saturated rings. The third-order valence-electron chi connectivity index (χ3n) is 3.84. The van der Waals surface area contributed by atoms with Crippen molar-refractivity contribution in [2.45, 2.75) is 24.4 Å². The molecule has 2 heterocycles. The minimum absolute atomic E-state index is 0.204. The van der Waals surface area contributed by atoms with Gasteiger partial charge in [0.2, 0.25) is 5.91 Å². The fraction of sp³-hybridized carbons (Fsp3) is 0.250. The second kappa shape index (κ2) is 5.53. The Morgan fingerprint density at radius 1 is 1.41 bits per heavy atom. The van der Waals surface area contributed by atoms with Crippen LogP contribution in [0.3, 0.4) is 0 Å². The average Bonchev–Trinajstić information content (AvgIpc) is 2.53. The van der Waals surface area contributed by atoms with E-state index in [4.69, 9.17) is 0 Å². The number of benzene rings is 1. The maximum atomic E-state index is 12.4. The summed E-state index contributed by atoms with van der Waals surface area (Å²) in [5.74, 6) is -1.24. The minimum Gasteiger partial charge on any atom is -0.479 e. The van der Waals surface area contributed by atoms with Crippen LogP contribution in [0.2, 0.25) is 0 Å². The number of hydrogen-bond acceptors (Lipinski definition) is 4. The van der Waals surface area contributed by atoms with Crippen molar-refractivity contribution >= 4 is 29.3 Å². The van der Waals surface area contributed by atoms with Gasteiger partial charge in [-0.15, -0.1) is 0 Å². The van der Waals surface area contributed by atoms with Crippen LogP contribution >= 0.6 is 11.8 Å². The van der Waals surface area contributed by atoms with Gasteiger partial charge in [0.15, 0.2) is 6.04 Å². The number of carbonyl (C=O) groups is 2. The second-order valence-electron chi connectivity index (χ2n) is 5.16. The number of β-lactam (4-membered cyclic amide) rings is 1. The van der Waals surface area contributed by atoms with Gasteiger partial charge in [-0.2, -0.15) is 0 Å². The third-order valence-corrected chi connectivity index (χ3v) is 5.34. The molecule has 2 N–H and O–H groups in total. The highest BCUT2D eigenvalue weighted by molar-refractivity contribution is 8.04. The van der Waals surface area contributed by atoms with Crippen LogP contribution in [-0.2, 0) is 9.59 Å². The summed E-state index contributed by atoms with van der Waals surface area (Å²) in [4.78, 5) is 26.1. The molecule has 1 aromatic carbocycles. The number of thioether (sulfide) groups is 1. The standard InChI is InChI=1S/C16H16N2O3S/c1-3-11-9(2)13(16(20)21)18-14(19)12(15(18)22-11)17-10-7-5-4-6-8-10/h3-8,12-13,15,17H,2H2,1H3,(H,20,21)/b11-3-. The number of amides is 1. The molecule has 1 aromatic rings. The van der Waals surface area contributed by atoms with Crippen LogP contribution in [0, 0.1) is 0 Å². The molecule has 3 rings (SSSR count). The molecule has 2 aliphatic rings. The molecule has 2 aliphatic heterocycles. The zero-order valence-corrected chi connectivity index (χ0v) is 12.8. The molecule has 114 valence electrons. The number of fused-ring (bicyclic) bond motifs is 1. The maximum absolute atomic E-state index is 12.4. The summed E-state index contributed by atoms with van der Waals surface area (Å²) in [7, 11) is 0. The molecule has 2 saturated heterocycles. The molecule has 5 nitrogen and oxygen atoms in total. The Morgan fingerprint density at radius 3 is 2.68 bits per heavy atom. The highest BCUT2D eigenvalue weighted by Crippen LogP contribution is 2.46. The second-order valence-corrected chi connectivity index (χ2v) is 6.32. The summed E-state index contributed by atoms with van der Waals surface area (Å²) in [5, 5.41) is 12.4. The van der Waals surface area contributed by atoms with Crippen LogP contribution in [0.5, 0.6) is 0 Å². The molecule has 0 saturated carbocycles. The molecule has 6 heteroatoms. The summed E-state index contributed by atoms with van der Waals surface area (Å²) >= 11 is 1.48. The molecular formula is C16H16N2O3S. The first-order chi connectivity index (χ1) is 10.5. The fourth-order valence-corrected chi connectivity index (χ4v) is 4.08. The number of anilines is 1. The molecule has 0 bridgehead atoms. The predicted octanol–water partition coefficient (Wildman–Crippen LogP) is 2.30. The van der Waals surface area contributed by atoms with E-state index in [9.17, 15) is 14.7 Å². The van der Waals surface area contributed by atoms with E-state index in [2.05, 4.69) is 11.9 Å². The van der Waals surface area contributed by atoms with Crippen molar-refractivity contribution < 1.29 is 14.7 Å². The van der Waals surface area contributed by atoms with Crippen molar-refractivity contribution in [2.24, 2.45) is 0 Å². The number of rotatable bonds is 3. The molecular weight excluding hydrogens is 300 g/mol. The zero-order chi connectivity index (χ0) is 15.9. The number of nitrogens with one attached hydrogen (secondary N) is 1. The fourth-order valence-electron chi connectivity index (χ4n) is 2.76. The lowest BCUT2D eigenvalue weighted by Crippen LogP contribution is -2.72. The lowest BCUT2D eigenvalue weighted by atomic mass is 9.97. The smallest absolute Gasteiger partial charge is 0.331 e. The van der Waals surface area contributed by atoms with E-state index in [1.54, 1.807) is 0 Å². The van der Waals surface area contributed by atoms with Crippen LogP contribution in [0.4, 0.5) is 5.69 Å². The number of para-hydroxylation sites is 1. The van der Waals surface area contributed by atoms with Gasteiger partial charge >= 0.3 is 5.97 Å². The molecule has 3 unspecified atom stereocenters. The molecule has 0 spiro atoms. The van der Waals surface area contributed by atoms with E-state index < -0.39 is 18.1 Å². The van der Waals surface area contributed by atoms with Gasteiger partial charge in [-0.3, -0.25) is 4.79 Å². The van der Waals surface area contributed by atoms with Gasteiger partial charge in [-0.1, -0.05) is 42.6 Å². The number of aliphatic carboxylic acids is 1. The van der Waals surface area contributed by atoms with E-state index >= 15 is 0 Å². The highest BCUT2D eigenvalue weighted by atomic mass is 32.2. The zero-order valence-electron chi connectivity index (χ0n) is 12.0. The van der Waals surface area contributed by atoms with Gasteiger partial charge in [0, 0.05) is 10.6 Å². The summed E-state index contributed by atoms with van der Waals surface area (Å²) in [5.41, 5.74) is 1.32. The first-order valence-corrected chi connectivity index (χ1v) is 7.81. The van der Waals surface area contributed by atoms with Crippen molar-refractivity contribution in [1.82, 2.24) is 4.90 Å². The summed E-state index contributed by atoms with van der Waals surface area (Å²) in [6.07, 6.45) is 1.85. The van der Waals surface area contributed by atoms with E-state index in [0.29, 0.717) is 5.57 Å². The number of carbonyl (C=O) groups excluding carboxylic acids is 1. The predicted molar refractivity (Wildman–Crippen MR) is 86.4 cm³/mol. The molecule has 0 radical (unpaired) electrons. The van der Waals surface area contributed by atoms with Crippen LogP contribution in [-0.4, -0.2) is 39.3 Å². The lowest BCUT2D eigenvalue weighted by Gasteiger charge is -2.53. The number of hydrogen-bond donors (Lipinski definition) is 2. The Hall–Kier alpha value is -2.21. The third kappa shape index (κ3) is 2.20. The van der Waals surface area contributed by atoms with Crippen LogP contribution < -0.4 is 5.32 Å². The van der Waals surface area contributed by atoms with E-state index in [1.165, 1.54) is 16.7 Å². The van der Waals surface area contributed by atoms with Crippen LogP contribution in [0.15, 0.2) is 53.5 Å². The topological polar surface area (TPSA) is 69.6 Å². The van der Waals surface area contributed by atoms with Crippen molar-refractivity contribution in [2.75, 3.05) is 5.32 Å². The van der Waals surface area contributed by atoms with Crippen molar-refractivity contribution in [1.29, 1.82) is 0 Å². The van der Waals surface area contributed by atoms with E-state index in [-0.39, 0.29) is 11.3 Å². The number of carboxylic acids is 1. The first kappa shape index (κ1) is 14.7. The Labute approximate surface area is 132 Å². The van der Waals surface area contributed by atoms with Gasteiger partial charge in [-0.25, -0.2) is 4.79 Å². The summed E-state index contributed by atoms with van der Waals surface area (Å²) in [6.45, 7) is 5.70. The van der Waals surface area contributed by atoms with Crippen LogP contribution in [0.25, 0.3) is 0 Å². The van der Waals surface area contributed by atoms with E-state index in [1.807, 2.05) is 43.3 Å². The molecule has 1 amide bonds. The van der Waals surface area contributed by atoms with E-state index in [0.717, 1.165) is 10.6 Å². The Morgan fingerprint density at radius 2 is 2.09 bits per heavy atom. The average molecular weight is 316 g/mol. The summed E-state index contributed by atoms with van der Waals surface area (Å²) in [6, 6.07) is 8.04. The Bertz CT molecular complexity index is 671.